The van der Waals surface area contributed by atoms with E-state index >= 15 is 0 Å². The highest BCUT2D eigenvalue weighted by molar-refractivity contribution is 5.92. The number of esters is 1. The summed E-state index contributed by atoms with van der Waals surface area (Å²) in [7, 11) is 1.14. The molecule has 0 saturated carbocycles. The van der Waals surface area contributed by atoms with Crippen LogP contribution in [-0.4, -0.2) is 26.0 Å². The minimum absolute atomic E-state index is 0.0786. The Morgan fingerprint density at radius 1 is 1.53 bits per heavy atom. The lowest BCUT2D eigenvalue weighted by atomic mass is 10.1. The lowest BCUT2D eigenvalue weighted by molar-refractivity contribution is 0.0600. The van der Waals surface area contributed by atoms with Crippen molar-refractivity contribution in [2.45, 2.75) is 6.43 Å². The van der Waals surface area contributed by atoms with Gasteiger partial charge in [0, 0.05) is 0 Å². The van der Waals surface area contributed by atoms with Gasteiger partial charge in [0.2, 0.25) is 0 Å². The van der Waals surface area contributed by atoms with E-state index in [-0.39, 0.29) is 16.9 Å². The van der Waals surface area contributed by atoms with Crippen LogP contribution in [0.5, 0.6) is 0 Å². The van der Waals surface area contributed by atoms with E-state index in [2.05, 4.69) is 10.1 Å². The first-order chi connectivity index (χ1) is 7.95. The lowest BCUT2D eigenvalue weighted by Gasteiger charge is -2.11. The Morgan fingerprint density at radius 3 is 2.65 bits per heavy atom. The number of anilines is 2. The first-order valence-electron chi connectivity index (χ1n) is 4.65. The number of carbonyl (C=O) groups is 1. The summed E-state index contributed by atoms with van der Waals surface area (Å²) < 4.78 is 41.7. The molecule has 0 amide bonds. The molecule has 0 saturated heterocycles. The molecular formula is C10H11F3N2O2. The van der Waals surface area contributed by atoms with Crippen LogP contribution in [0.25, 0.3) is 0 Å². The summed E-state index contributed by atoms with van der Waals surface area (Å²) in [6.45, 7) is -0.724. The van der Waals surface area contributed by atoms with Crippen LogP contribution >= 0.6 is 0 Å². The van der Waals surface area contributed by atoms with E-state index in [0.29, 0.717) is 0 Å². The van der Waals surface area contributed by atoms with Crippen molar-refractivity contribution in [3.05, 3.63) is 23.5 Å². The van der Waals surface area contributed by atoms with E-state index in [1.165, 1.54) is 0 Å². The Balaban J connectivity index is 2.98. The zero-order valence-corrected chi connectivity index (χ0v) is 8.97. The molecule has 0 radical (unpaired) electrons. The second-order valence-corrected chi connectivity index (χ2v) is 3.19. The quantitative estimate of drug-likeness (QED) is 0.630. The Morgan fingerprint density at radius 2 is 2.18 bits per heavy atom. The van der Waals surface area contributed by atoms with Crippen LogP contribution in [0, 0.1) is 5.82 Å². The van der Waals surface area contributed by atoms with Crippen LogP contribution in [0.2, 0.25) is 0 Å². The molecule has 3 N–H and O–H groups in total. The number of nitrogens with two attached hydrogens (primary N) is 1. The molecule has 0 atom stereocenters. The number of nitrogen functional groups attached to an aromatic ring is 1. The van der Waals surface area contributed by atoms with Crippen molar-refractivity contribution < 1.29 is 22.7 Å². The lowest BCUT2D eigenvalue weighted by Crippen LogP contribution is -2.14. The zero-order valence-electron chi connectivity index (χ0n) is 8.97. The third kappa shape index (κ3) is 3.27. The first kappa shape index (κ1) is 13.1. The van der Waals surface area contributed by atoms with Crippen LogP contribution in [0.15, 0.2) is 12.1 Å². The highest BCUT2D eigenvalue weighted by Crippen LogP contribution is 2.25. The van der Waals surface area contributed by atoms with Crippen LogP contribution in [0.3, 0.4) is 0 Å². The molecule has 7 heteroatoms. The molecule has 0 unspecified atom stereocenters. The third-order valence-electron chi connectivity index (χ3n) is 1.97. The number of hydrogen-bond acceptors (Lipinski definition) is 4. The van der Waals surface area contributed by atoms with E-state index in [4.69, 9.17) is 5.73 Å². The molecule has 94 valence electrons. The van der Waals surface area contributed by atoms with Crippen molar-refractivity contribution in [3.63, 3.8) is 0 Å². The van der Waals surface area contributed by atoms with E-state index in [0.717, 1.165) is 19.2 Å². The average Bonchev–Trinajstić information content (AvgIpc) is 2.26. The highest BCUT2D eigenvalue weighted by atomic mass is 19.3. The van der Waals surface area contributed by atoms with Crippen LogP contribution in [0.4, 0.5) is 24.5 Å². The monoisotopic (exact) mass is 248 g/mol. The Kier molecular flexibility index (Phi) is 4.19. The molecule has 1 aromatic rings. The molecule has 0 heterocycles. The topological polar surface area (TPSA) is 64.3 Å². The second kappa shape index (κ2) is 5.42. The van der Waals surface area contributed by atoms with Crippen molar-refractivity contribution in [1.82, 2.24) is 0 Å². The van der Waals surface area contributed by atoms with Gasteiger partial charge in [-0.2, -0.15) is 0 Å². The summed E-state index contributed by atoms with van der Waals surface area (Å²) in [6, 6.07) is 2.03. The standard InChI is InChI=1S/C10H11F3N2O2/c1-17-10(16)5-2-6(11)9(7(14)3-5)15-4-8(12)13/h2-3,8,15H,4,14H2,1H3. The van der Waals surface area contributed by atoms with Gasteiger partial charge in [-0.3, -0.25) is 0 Å². The van der Waals surface area contributed by atoms with Gasteiger partial charge in [-0.25, -0.2) is 18.0 Å². The number of ether oxygens (including phenoxy) is 1. The Labute approximate surface area is 95.6 Å². The van der Waals surface area contributed by atoms with Gasteiger partial charge in [-0.1, -0.05) is 0 Å². The molecule has 4 nitrogen and oxygen atoms in total. The first-order valence-corrected chi connectivity index (χ1v) is 4.65. The molecule has 17 heavy (non-hydrogen) atoms. The maximum atomic E-state index is 13.5. The summed E-state index contributed by atoms with van der Waals surface area (Å²) in [6.07, 6.45) is -2.63. The minimum atomic E-state index is -2.63. The number of benzene rings is 1. The third-order valence-corrected chi connectivity index (χ3v) is 1.97. The van der Waals surface area contributed by atoms with Crippen LogP contribution in [-0.2, 0) is 4.74 Å². The molecule has 0 aliphatic rings. The van der Waals surface area contributed by atoms with Crippen LogP contribution < -0.4 is 11.1 Å². The molecule has 0 fully saturated rings. The predicted octanol–water partition coefficient (Wildman–Crippen LogP) is 1.87. The van der Waals surface area contributed by atoms with Crippen molar-refractivity contribution in [3.8, 4) is 0 Å². The molecule has 0 bridgehead atoms. The normalized spacial score (nSPS) is 10.4. The molecule has 0 aliphatic carbocycles. The fourth-order valence-electron chi connectivity index (χ4n) is 1.23. The summed E-state index contributed by atoms with van der Waals surface area (Å²) in [5.41, 5.74) is 4.98. The van der Waals surface area contributed by atoms with Gasteiger partial charge in [-0.05, 0) is 12.1 Å². The van der Waals surface area contributed by atoms with Gasteiger partial charge >= 0.3 is 5.97 Å². The fraction of sp³-hybridized carbons (Fsp3) is 0.300. The van der Waals surface area contributed by atoms with Crippen molar-refractivity contribution >= 4 is 17.3 Å². The number of nitrogens with one attached hydrogen (secondary N) is 1. The van der Waals surface area contributed by atoms with E-state index in [9.17, 15) is 18.0 Å². The van der Waals surface area contributed by atoms with Gasteiger partial charge in [0.15, 0.2) is 0 Å². The average molecular weight is 248 g/mol. The van der Waals surface area contributed by atoms with Gasteiger partial charge in [0.1, 0.15) is 5.82 Å². The Hall–Kier alpha value is -1.92. The molecule has 0 aromatic heterocycles. The number of alkyl halides is 2. The summed E-state index contributed by atoms with van der Waals surface area (Å²) in [4.78, 5) is 11.1. The molecule has 1 rings (SSSR count). The summed E-state index contributed by atoms with van der Waals surface area (Å²) in [5.74, 6) is -1.64. The second-order valence-electron chi connectivity index (χ2n) is 3.19. The van der Waals surface area contributed by atoms with Gasteiger partial charge in [-0.15, -0.1) is 0 Å². The van der Waals surface area contributed by atoms with Gasteiger partial charge in [0.25, 0.3) is 6.43 Å². The highest BCUT2D eigenvalue weighted by Gasteiger charge is 2.14. The largest absolute Gasteiger partial charge is 0.465 e. The van der Waals surface area contributed by atoms with Crippen molar-refractivity contribution in [1.29, 1.82) is 0 Å². The molecule has 0 aliphatic heterocycles. The van der Waals surface area contributed by atoms with Gasteiger partial charge in [0.05, 0.1) is 30.6 Å². The van der Waals surface area contributed by atoms with Crippen LogP contribution in [0.1, 0.15) is 10.4 Å². The van der Waals surface area contributed by atoms with E-state index < -0.39 is 24.8 Å². The van der Waals surface area contributed by atoms with E-state index in [1.54, 1.807) is 0 Å². The Bertz CT molecular complexity index is 401. The number of hydrogen-bond donors (Lipinski definition) is 2. The molecule has 0 spiro atoms. The minimum Gasteiger partial charge on any atom is -0.465 e. The maximum absolute atomic E-state index is 13.5. The number of methoxy groups -OCH3 is 1. The predicted molar refractivity (Wildman–Crippen MR) is 56.6 cm³/mol. The summed E-state index contributed by atoms with van der Waals surface area (Å²) >= 11 is 0. The molecular weight excluding hydrogens is 237 g/mol. The van der Waals surface area contributed by atoms with Crippen molar-refractivity contribution in [2.24, 2.45) is 0 Å². The van der Waals surface area contributed by atoms with Gasteiger partial charge < -0.3 is 15.8 Å². The number of halogens is 3. The zero-order chi connectivity index (χ0) is 13.0. The number of rotatable bonds is 4. The molecule has 1 aromatic carbocycles. The van der Waals surface area contributed by atoms with Crippen molar-refractivity contribution in [2.75, 3.05) is 24.7 Å². The number of carbonyl (C=O) groups excluding carboxylic acids is 1. The SMILES string of the molecule is COC(=O)c1cc(N)c(NCC(F)F)c(F)c1. The van der Waals surface area contributed by atoms with E-state index in [1.807, 2.05) is 0 Å². The summed E-state index contributed by atoms with van der Waals surface area (Å²) in [5, 5.41) is 2.16. The fourth-order valence-corrected chi connectivity index (χ4v) is 1.23. The smallest absolute Gasteiger partial charge is 0.338 e. The maximum Gasteiger partial charge on any atom is 0.338 e.